The van der Waals surface area contributed by atoms with Crippen molar-refractivity contribution < 1.29 is 14.6 Å². The molecule has 0 fully saturated rings. The Morgan fingerprint density at radius 1 is 1.44 bits per heavy atom. The summed E-state index contributed by atoms with van der Waals surface area (Å²) in [5.41, 5.74) is 1.29. The van der Waals surface area contributed by atoms with E-state index in [1.54, 1.807) is 12.4 Å². The highest BCUT2D eigenvalue weighted by Gasteiger charge is 2.02. The van der Waals surface area contributed by atoms with Crippen LogP contribution in [0.25, 0.3) is 0 Å². The van der Waals surface area contributed by atoms with Crippen molar-refractivity contribution in [2.24, 2.45) is 0 Å². The summed E-state index contributed by atoms with van der Waals surface area (Å²) in [7, 11) is 0. The number of hydrogen-bond acceptors (Lipinski definition) is 3. The number of rotatable bonds is 7. The third-order valence-electron chi connectivity index (χ3n) is 2.08. The molecule has 1 heterocycles. The molecule has 1 N–H and O–H groups in total. The maximum Gasteiger partial charge on any atom is 0.333 e. The van der Waals surface area contributed by atoms with E-state index in [4.69, 9.17) is 9.84 Å². The molecule has 86 valence electrons. The lowest BCUT2D eigenvalue weighted by Crippen LogP contribution is -2.07. The summed E-state index contributed by atoms with van der Waals surface area (Å²) in [4.78, 5) is 14.3. The van der Waals surface area contributed by atoms with Crippen LogP contribution in [-0.4, -0.2) is 29.3 Å². The monoisotopic (exact) mass is 221 g/mol. The molecule has 16 heavy (non-hydrogen) atoms. The van der Waals surface area contributed by atoms with Crippen LogP contribution in [0.5, 0.6) is 0 Å². The third-order valence-corrected chi connectivity index (χ3v) is 2.08. The van der Waals surface area contributed by atoms with E-state index >= 15 is 0 Å². The quantitative estimate of drug-likeness (QED) is 0.562. The zero-order valence-electron chi connectivity index (χ0n) is 9.06. The summed E-state index contributed by atoms with van der Waals surface area (Å²) < 4.78 is 5.18. The molecule has 0 atom stereocenters. The lowest BCUT2D eigenvalue weighted by Gasteiger charge is -2.03. The van der Waals surface area contributed by atoms with Gasteiger partial charge in [-0.2, -0.15) is 0 Å². The van der Waals surface area contributed by atoms with Crippen LogP contribution in [0.2, 0.25) is 0 Å². The molecule has 1 rings (SSSR count). The number of carboxylic acid groups (broad SMARTS) is 1. The van der Waals surface area contributed by atoms with Crippen LogP contribution in [0.1, 0.15) is 12.0 Å². The summed E-state index contributed by atoms with van der Waals surface area (Å²) in [5, 5.41) is 8.53. The average Bonchev–Trinajstić information content (AvgIpc) is 2.29. The van der Waals surface area contributed by atoms with Gasteiger partial charge in [0.25, 0.3) is 0 Å². The first kappa shape index (κ1) is 12.4. The van der Waals surface area contributed by atoms with Gasteiger partial charge in [-0.1, -0.05) is 6.58 Å². The number of nitrogens with zero attached hydrogens (tertiary/aromatic N) is 1. The van der Waals surface area contributed by atoms with Gasteiger partial charge in [0, 0.05) is 19.0 Å². The molecule has 4 heteroatoms. The zero-order chi connectivity index (χ0) is 11.8. The Kier molecular flexibility index (Phi) is 5.22. The summed E-state index contributed by atoms with van der Waals surface area (Å²) in [6.07, 6.45) is 5.27. The molecule has 0 saturated heterocycles. The van der Waals surface area contributed by atoms with Crippen molar-refractivity contribution in [3.05, 3.63) is 42.2 Å². The maximum absolute atomic E-state index is 10.4. The van der Waals surface area contributed by atoms with Crippen LogP contribution >= 0.6 is 0 Å². The van der Waals surface area contributed by atoms with E-state index in [0.717, 1.165) is 12.8 Å². The lowest BCUT2D eigenvalue weighted by atomic mass is 10.1. The average molecular weight is 221 g/mol. The number of aromatic nitrogens is 1. The van der Waals surface area contributed by atoms with Gasteiger partial charge in [0.05, 0.1) is 12.2 Å². The fourth-order valence-corrected chi connectivity index (χ4v) is 1.18. The Bertz CT molecular complexity index is 349. The van der Waals surface area contributed by atoms with Crippen molar-refractivity contribution in [3.63, 3.8) is 0 Å². The van der Waals surface area contributed by atoms with Gasteiger partial charge >= 0.3 is 5.97 Å². The predicted molar refractivity (Wildman–Crippen MR) is 60.2 cm³/mol. The standard InChI is InChI=1S/C12H15NO3/c1-10(12(14)15)9-16-8-2-3-11-4-6-13-7-5-11/h4-7H,1-3,8-9H2,(H,14,15). The summed E-state index contributed by atoms with van der Waals surface area (Å²) >= 11 is 0. The van der Waals surface area contributed by atoms with Crippen LogP contribution in [-0.2, 0) is 16.0 Å². The fourth-order valence-electron chi connectivity index (χ4n) is 1.18. The van der Waals surface area contributed by atoms with Gasteiger partial charge in [-0.05, 0) is 30.5 Å². The molecule has 0 saturated carbocycles. The zero-order valence-corrected chi connectivity index (χ0v) is 9.06. The highest BCUT2D eigenvalue weighted by atomic mass is 16.5. The van der Waals surface area contributed by atoms with Crippen molar-refractivity contribution in [1.82, 2.24) is 4.98 Å². The van der Waals surface area contributed by atoms with Gasteiger partial charge in [-0.25, -0.2) is 4.79 Å². The first-order valence-corrected chi connectivity index (χ1v) is 5.08. The van der Waals surface area contributed by atoms with Gasteiger partial charge in [0.15, 0.2) is 0 Å². The highest BCUT2D eigenvalue weighted by Crippen LogP contribution is 2.01. The van der Waals surface area contributed by atoms with Crippen LogP contribution in [0.4, 0.5) is 0 Å². The number of pyridine rings is 1. The molecule has 0 bridgehead atoms. The molecule has 0 unspecified atom stereocenters. The predicted octanol–water partition coefficient (Wildman–Crippen LogP) is 1.67. The first-order valence-electron chi connectivity index (χ1n) is 5.08. The highest BCUT2D eigenvalue weighted by molar-refractivity contribution is 5.85. The molecule has 1 aromatic heterocycles. The van der Waals surface area contributed by atoms with Gasteiger partial charge in [-0.3, -0.25) is 4.98 Å². The van der Waals surface area contributed by atoms with Crippen molar-refractivity contribution in [1.29, 1.82) is 0 Å². The second kappa shape index (κ2) is 6.74. The van der Waals surface area contributed by atoms with E-state index in [0.29, 0.717) is 6.61 Å². The molecular weight excluding hydrogens is 206 g/mol. The molecule has 0 aliphatic heterocycles. The number of hydrogen-bond donors (Lipinski definition) is 1. The molecule has 0 aromatic carbocycles. The van der Waals surface area contributed by atoms with Gasteiger partial charge < -0.3 is 9.84 Å². The summed E-state index contributed by atoms with van der Waals surface area (Å²) in [5.74, 6) is -1.01. The second-order valence-corrected chi connectivity index (χ2v) is 3.42. The molecule has 0 radical (unpaired) electrons. The smallest absolute Gasteiger partial charge is 0.333 e. The van der Waals surface area contributed by atoms with Gasteiger partial charge in [-0.15, -0.1) is 0 Å². The molecule has 0 amide bonds. The molecule has 1 aromatic rings. The number of ether oxygens (including phenoxy) is 1. The van der Waals surface area contributed by atoms with Crippen molar-refractivity contribution in [2.75, 3.05) is 13.2 Å². The summed E-state index contributed by atoms with van der Waals surface area (Å²) in [6, 6.07) is 3.91. The molecule has 0 aliphatic rings. The maximum atomic E-state index is 10.4. The van der Waals surface area contributed by atoms with E-state index in [1.807, 2.05) is 12.1 Å². The largest absolute Gasteiger partial charge is 0.478 e. The van der Waals surface area contributed by atoms with Crippen molar-refractivity contribution in [2.45, 2.75) is 12.8 Å². The van der Waals surface area contributed by atoms with E-state index in [-0.39, 0.29) is 12.2 Å². The summed E-state index contributed by atoms with van der Waals surface area (Å²) in [6.45, 7) is 4.00. The van der Waals surface area contributed by atoms with E-state index in [2.05, 4.69) is 11.6 Å². The van der Waals surface area contributed by atoms with Crippen LogP contribution in [0.15, 0.2) is 36.7 Å². The third kappa shape index (κ3) is 4.70. The normalized spacial score (nSPS) is 10.0. The van der Waals surface area contributed by atoms with Crippen molar-refractivity contribution in [3.8, 4) is 0 Å². The first-order chi connectivity index (χ1) is 7.70. The van der Waals surface area contributed by atoms with Crippen LogP contribution < -0.4 is 0 Å². The minimum absolute atomic E-state index is 0.0870. The Morgan fingerprint density at radius 2 is 2.12 bits per heavy atom. The van der Waals surface area contributed by atoms with Gasteiger partial charge in [0.1, 0.15) is 0 Å². The Balaban J connectivity index is 2.09. The van der Waals surface area contributed by atoms with Crippen LogP contribution in [0.3, 0.4) is 0 Å². The van der Waals surface area contributed by atoms with Crippen LogP contribution in [0, 0.1) is 0 Å². The molecule has 0 spiro atoms. The lowest BCUT2D eigenvalue weighted by molar-refractivity contribution is -0.133. The van der Waals surface area contributed by atoms with E-state index in [1.165, 1.54) is 5.56 Å². The topological polar surface area (TPSA) is 59.4 Å². The molecule has 4 nitrogen and oxygen atoms in total. The Morgan fingerprint density at radius 3 is 2.75 bits per heavy atom. The number of aliphatic carboxylic acids is 1. The minimum Gasteiger partial charge on any atom is -0.478 e. The van der Waals surface area contributed by atoms with Crippen molar-refractivity contribution >= 4 is 5.97 Å². The number of aryl methyl sites for hydroxylation is 1. The number of carbonyl (C=O) groups is 1. The second-order valence-electron chi connectivity index (χ2n) is 3.42. The van der Waals surface area contributed by atoms with E-state index in [9.17, 15) is 4.79 Å². The molecular formula is C12H15NO3. The molecule has 0 aliphatic carbocycles. The SMILES string of the molecule is C=C(COCCCc1ccncc1)C(=O)O. The fraction of sp³-hybridized carbons (Fsp3) is 0.333. The Labute approximate surface area is 94.6 Å². The Hall–Kier alpha value is -1.68. The number of carboxylic acids is 1. The van der Waals surface area contributed by atoms with Gasteiger partial charge in [0.2, 0.25) is 0 Å². The van der Waals surface area contributed by atoms with E-state index < -0.39 is 5.97 Å². The minimum atomic E-state index is -1.01.